The Balaban J connectivity index is 2.32. The van der Waals surface area contributed by atoms with Crippen molar-refractivity contribution in [3.63, 3.8) is 0 Å². The number of Topliss-reactive ketones (excluding diaryl/α,β-unsaturated/α-hetero) is 1. The predicted octanol–water partition coefficient (Wildman–Crippen LogP) is 2.43. The quantitative estimate of drug-likeness (QED) is 0.383. The minimum absolute atomic E-state index is 0.0449. The number of carbonyl (C=O) groups excluding carboxylic acids is 1. The molecule has 0 aliphatic heterocycles. The van der Waals surface area contributed by atoms with Crippen molar-refractivity contribution < 1.29 is 13.2 Å². The highest BCUT2D eigenvalue weighted by atomic mass is 32.2. The zero-order valence-electron chi connectivity index (χ0n) is 14.7. The van der Waals surface area contributed by atoms with Gasteiger partial charge in [-0.3, -0.25) is 9.78 Å². The van der Waals surface area contributed by atoms with Crippen molar-refractivity contribution in [2.75, 3.05) is 14.1 Å². The Morgan fingerprint density at radius 1 is 1.22 bits per heavy atom. The Labute approximate surface area is 156 Å². The number of aromatic nitrogens is 2. The average Bonchev–Trinajstić information content (AvgIpc) is 3.06. The van der Waals surface area contributed by atoms with E-state index < -0.39 is 15.8 Å². The zero-order chi connectivity index (χ0) is 19.6. The van der Waals surface area contributed by atoms with Gasteiger partial charge in [0.25, 0.3) is 10.0 Å². The Morgan fingerprint density at radius 3 is 2.56 bits per heavy atom. The fraction of sp³-hybridized carbons (Fsp3) is 0.105. The monoisotopic (exact) mass is 380 g/mol. The molecule has 3 aromatic rings. The van der Waals surface area contributed by atoms with Gasteiger partial charge in [0, 0.05) is 38.1 Å². The normalized spacial score (nSPS) is 12.0. The van der Waals surface area contributed by atoms with Crippen LogP contribution in [0.1, 0.15) is 10.5 Å². The second-order valence-electron chi connectivity index (χ2n) is 5.99. The van der Waals surface area contributed by atoms with Crippen molar-refractivity contribution in [2.45, 2.75) is 4.90 Å². The largest absolute Gasteiger partial charge is 0.382 e. The molecule has 2 heterocycles. The summed E-state index contributed by atoms with van der Waals surface area (Å²) in [5.74, 6) is -0.679. The number of pyridine rings is 1. The topological polar surface area (TPSA) is 96.1 Å². The number of hydrogen-bond acceptors (Lipinski definition) is 6. The smallest absolute Gasteiger partial charge is 0.268 e. The van der Waals surface area contributed by atoms with Crippen molar-refractivity contribution >= 4 is 26.7 Å². The lowest BCUT2D eigenvalue weighted by Crippen LogP contribution is -2.20. The maximum Gasteiger partial charge on any atom is 0.268 e. The number of hydrogen-bond donors (Lipinski definition) is 0. The van der Waals surface area contributed by atoms with Gasteiger partial charge in [0.1, 0.15) is 17.3 Å². The molecule has 8 heteroatoms. The molecule has 27 heavy (non-hydrogen) atoms. The van der Waals surface area contributed by atoms with Crippen LogP contribution in [0.3, 0.4) is 0 Å². The summed E-state index contributed by atoms with van der Waals surface area (Å²) < 4.78 is 27.5. The first-order chi connectivity index (χ1) is 12.9. The molecular weight excluding hydrogens is 364 g/mol. The molecule has 2 aromatic heterocycles. The predicted molar refractivity (Wildman–Crippen MR) is 100 cm³/mol. The van der Waals surface area contributed by atoms with Crippen LogP contribution < -0.4 is 0 Å². The standard InChI is InChI=1S/C19H16N4O3S/c1-22(2)13-15(11-20)19(24)18-10-14-12-21-9-8-17(14)23(18)27(25,26)16-6-4-3-5-7-16/h3-10,12-13H,1-2H3. The summed E-state index contributed by atoms with van der Waals surface area (Å²) in [6, 6.07) is 12.6. The second kappa shape index (κ2) is 7.05. The van der Waals surface area contributed by atoms with E-state index in [1.807, 2.05) is 6.07 Å². The van der Waals surface area contributed by atoms with Gasteiger partial charge in [0.15, 0.2) is 0 Å². The summed E-state index contributed by atoms with van der Waals surface area (Å²) in [7, 11) is -0.707. The highest BCUT2D eigenvalue weighted by molar-refractivity contribution is 7.90. The SMILES string of the molecule is CN(C)C=C(C#N)C(=O)c1cc2cnccc2n1S(=O)(=O)c1ccccc1. The van der Waals surface area contributed by atoms with E-state index in [9.17, 15) is 18.5 Å². The Kier molecular flexibility index (Phi) is 4.79. The van der Waals surface area contributed by atoms with Gasteiger partial charge in [-0.2, -0.15) is 5.26 Å². The zero-order valence-corrected chi connectivity index (χ0v) is 15.5. The lowest BCUT2D eigenvalue weighted by atomic mass is 10.1. The Bertz CT molecular complexity index is 1190. The van der Waals surface area contributed by atoms with E-state index >= 15 is 0 Å². The van der Waals surface area contributed by atoms with Crippen LogP contribution in [0.15, 0.2) is 71.5 Å². The van der Waals surface area contributed by atoms with Crippen LogP contribution in [0, 0.1) is 11.3 Å². The molecule has 136 valence electrons. The lowest BCUT2D eigenvalue weighted by molar-refractivity contribution is 0.103. The number of fused-ring (bicyclic) bond motifs is 1. The summed E-state index contributed by atoms with van der Waals surface area (Å²) in [6.07, 6.45) is 4.29. The van der Waals surface area contributed by atoms with Crippen molar-refractivity contribution in [3.05, 3.63) is 72.3 Å². The minimum Gasteiger partial charge on any atom is -0.382 e. The van der Waals surface area contributed by atoms with Gasteiger partial charge in [0.05, 0.1) is 10.4 Å². The van der Waals surface area contributed by atoms with Gasteiger partial charge >= 0.3 is 0 Å². The summed E-state index contributed by atoms with van der Waals surface area (Å²) in [5, 5.41) is 9.84. The lowest BCUT2D eigenvalue weighted by Gasteiger charge is -2.12. The van der Waals surface area contributed by atoms with E-state index in [1.165, 1.54) is 42.9 Å². The molecule has 0 amide bonds. The van der Waals surface area contributed by atoms with Gasteiger partial charge in [-0.05, 0) is 24.3 Å². The molecule has 0 N–H and O–H groups in total. The molecule has 0 fully saturated rings. The number of nitriles is 1. The number of nitrogens with zero attached hydrogens (tertiary/aromatic N) is 4. The number of ketones is 1. The van der Waals surface area contributed by atoms with Crippen LogP contribution in [-0.2, 0) is 10.0 Å². The average molecular weight is 380 g/mol. The van der Waals surface area contributed by atoms with Crippen molar-refractivity contribution in [2.24, 2.45) is 0 Å². The molecule has 0 aliphatic rings. The van der Waals surface area contributed by atoms with Crippen molar-refractivity contribution in [1.82, 2.24) is 13.9 Å². The molecule has 0 radical (unpaired) electrons. The van der Waals surface area contributed by atoms with Gasteiger partial charge in [-0.1, -0.05) is 18.2 Å². The molecule has 7 nitrogen and oxygen atoms in total. The number of benzene rings is 1. The van der Waals surface area contributed by atoms with Crippen molar-refractivity contribution in [1.29, 1.82) is 5.26 Å². The number of carbonyl (C=O) groups is 1. The molecular formula is C19H16N4O3S. The van der Waals surface area contributed by atoms with E-state index in [2.05, 4.69) is 4.98 Å². The first-order valence-corrected chi connectivity index (χ1v) is 9.39. The van der Waals surface area contributed by atoms with Crippen LogP contribution in [0.4, 0.5) is 0 Å². The third kappa shape index (κ3) is 3.32. The van der Waals surface area contributed by atoms with Crippen molar-refractivity contribution in [3.8, 4) is 6.07 Å². The fourth-order valence-electron chi connectivity index (χ4n) is 2.68. The molecule has 1 aromatic carbocycles. The maximum absolute atomic E-state index is 13.2. The summed E-state index contributed by atoms with van der Waals surface area (Å²) in [4.78, 5) is 18.5. The molecule has 0 atom stereocenters. The number of allylic oxidation sites excluding steroid dienone is 1. The molecule has 0 aliphatic carbocycles. The molecule has 0 saturated heterocycles. The van der Waals surface area contributed by atoms with E-state index in [0.717, 1.165) is 3.97 Å². The van der Waals surface area contributed by atoms with Crippen LogP contribution >= 0.6 is 0 Å². The molecule has 3 rings (SSSR count). The van der Waals surface area contributed by atoms with E-state index in [-0.39, 0.29) is 16.2 Å². The van der Waals surface area contributed by atoms with E-state index in [4.69, 9.17) is 0 Å². The fourth-order valence-corrected chi connectivity index (χ4v) is 4.21. The van der Waals surface area contributed by atoms with Crippen LogP contribution in [0.5, 0.6) is 0 Å². The number of rotatable bonds is 5. The van der Waals surface area contributed by atoms with E-state index in [1.54, 1.807) is 37.2 Å². The summed E-state index contributed by atoms with van der Waals surface area (Å²) in [6.45, 7) is 0. The molecule has 0 bridgehead atoms. The van der Waals surface area contributed by atoms with Crippen LogP contribution in [0.2, 0.25) is 0 Å². The first kappa shape index (κ1) is 18.4. The second-order valence-corrected chi connectivity index (χ2v) is 7.78. The summed E-state index contributed by atoms with van der Waals surface area (Å²) in [5.41, 5.74) is 0.0381. The highest BCUT2D eigenvalue weighted by Crippen LogP contribution is 2.26. The van der Waals surface area contributed by atoms with E-state index in [0.29, 0.717) is 10.9 Å². The van der Waals surface area contributed by atoms with Gasteiger partial charge in [-0.15, -0.1) is 0 Å². The Hall–Kier alpha value is -3.44. The van der Waals surface area contributed by atoms with Crippen LogP contribution in [-0.4, -0.2) is 42.2 Å². The third-order valence-corrected chi connectivity index (χ3v) is 5.57. The maximum atomic E-state index is 13.2. The highest BCUT2D eigenvalue weighted by Gasteiger charge is 2.28. The minimum atomic E-state index is -4.05. The van der Waals surface area contributed by atoms with Crippen LogP contribution in [0.25, 0.3) is 10.9 Å². The van der Waals surface area contributed by atoms with Gasteiger partial charge < -0.3 is 4.90 Å². The third-order valence-electron chi connectivity index (χ3n) is 3.82. The molecule has 0 unspecified atom stereocenters. The molecule has 0 saturated carbocycles. The van der Waals surface area contributed by atoms with Gasteiger partial charge in [0.2, 0.25) is 5.78 Å². The van der Waals surface area contributed by atoms with Gasteiger partial charge in [-0.25, -0.2) is 12.4 Å². The summed E-state index contributed by atoms with van der Waals surface area (Å²) >= 11 is 0. The Morgan fingerprint density at radius 2 is 1.93 bits per heavy atom. The first-order valence-electron chi connectivity index (χ1n) is 7.95. The molecule has 0 spiro atoms.